The van der Waals surface area contributed by atoms with Gasteiger partial charge in [0.05, 0.1) is 0 Å². The number of likely N-dealkylation sites (tertiary alicyclic amines) is 1. The van der Waals surface area contributed by atoms with E-state index in [0.717, 1.165) is 18.7 Å². The molecular formula is C19H19F2N3O. The second-order valence-corrected chi connectivity index (χ2v) is 6.09. The second-order valence-electron chi connectivity index (χ2n) is 6.09. The molecule has 0 unspecified atom stereocenters. The normalized spacial score (nSPS) is 15.1. The molecule has 1 amide bonds. The molecule has 1 saturated heterocycles. The van der Waals surface area contributed by atoms with Crippen LogP contribution in [0.4, 0.5) is 14.6 Å². The predicted molar refractivity (Wildman–Crippen MR) is 93.3 cm³/mol. The summed E-state index contributed by atoms with van der Waals surface area (Å²) in [5.74, 6) is -0.887. The Morgan fingerprint density at radius 1 is 1.12 bits per heavy atom. The molecule has 6 heteroatoms. The van der Waals surface area contributed by atoms with Crippen molar-refractivity contribution in [1.82, 2.24) is 9.88 Å². The van der Waals surface area contributed by atoms with E-state index in [1.807, 2.05) is 7.05 Å². The Balaban J connectivity index is 1.76. The Kier molecular flexibility index (Phi) is 5.19. The van der Waals surface area contributed by atoms with Crippen LogP contribution in [0.5, 0.6) is 0 Å². The van der Waals surface area contributed by atoms with Gasteiger partial charge in [-0.3, -0.25) is 4.79 Å². The first-order valence-electron chi connectivity index (χ1n) is 8.13. The van der Waals surface area contributed by atoms with Crippen LogP contribution >= 0.6 is 0 Å². The fourth-order valence-electron chi connectivity index (χ4n) is 2.71. The summed E-state index contributed by atoms with van der Waals surface area (Å²) in [6.45, 7) is 1.65. The number of carbonyl (C=O) groups is 1. The molecule has 1 aliphatic rings. The predicted octanol–water partition coefficient (Wildman–Crippen LogP) is 3.88. The first kappa shape index (κ1) is 17.2. The molecule has 1 aromatic carbocycles. The number of hydrogen-bond acceptors (Lipinski definition) is 3. The molecular weight excluding hydrogens is 324 g/mol. The molecule has 0 spiro atoms. The summed E-state index contributed by atoms with van der Waals surface area (Å²) in [4.78, 5) is 18.5. The van der Waals surface area contributed by atoms with Crippen LogP contribution in [-0.4, -0.2) is 35.9 Å². The maximum absolute atomic E-state index is 14.7. The maximum atomic E-state index is 14.7. The average molecular weight is 343 g/mol. The lowest BCUT2D eigenvalue weighted by Crippen LogP contribution is -2.26. The number of hydrogen-bond donors (Lipinski definition) is 1. The number of amides is 1. The van der Waals surface area contributed by atoms with E-state index in [4.69, 9.17) is 0 Å². The van der Waals surface area contributed by atoms with Gasteiger partial charge in [-0.15, -0.1) is 0 Å². The topological polar surface area (TPSA) is 45.2 Å². The van der Waals surface area contributed by atoms with Gasteiger partial charge in [0.25, 0.3) is 5.91 Å². The van der Waals surface area contributed by atoms with Crippen LogP contribution < -0.4 is 5.32 Å². The van der Waals surface area contributed by atoms with Gasteiger partial charge in [0.15, 0.2) is 0 Å². The van der Waals surface area contributed by atoms with Crippen molar-refractivity contribution in [2.75, 3.05) is 25.5 Å². The van der Waals surface area contributed by atoms with E-state index in [9.17, 15) is 13.6 Å². The number of carbonyl (C=O) groups excluding carboxylic acids is 1. The number of pyridine rings is 1. The molecule has 1 N–H and O–H groups in total. The van der Waals surface area contributed by atoms with Gasteiger partial charge in [-0.05, 0) is 61.9 Å². The second kappa shape index (κ2) is 7.53. The van der Waals surface area contributed by atoms with Gasteiger partial charge in [-0.2, -0.15) is 0 Å². The summed E-state index contributed by atoms with van der Waals surface area (Å²) < 4.78 is 27.6. The van der Waals surface area contributed by atoms with Crippen LogP contribution in [0, 0.1) is 5.82 Å². The van der Waals surface area contributed by atoms with Crippen LogP contribution in [0.3, 0.4) is 0 Å². The van der Waals surface area contributed by atoms with Crippen molar-refractivity contribution in [3.63, 3.8) is 0 Å². The molecule has 130 valence electrons. The highest BCUT2D eigenvalue weighted by atomic mass is 19.1. The smallest absolute Gasteiger partial charge is 0.256 e. The zero-order valence-corrected chi connectivity index (χ0v) is 13.9. The van der Waals surface area contributed by atoms with Crippen molar-refractivity contribution in [3.8, 4) is 0 Å². The summed E-state index contributed by atoms with van der Waals surface area (Å²) in [6, 6.07) is 10.0. The fourth-order valence-corrected chi connectivity index (χ4v) is 2.71. The number of benzene rings is 1. The van der Waals surface area contributed by atoms with Gasteiger partial charge >= 0.3 is 0 Å². The number of halogens is 2. The van der Waals surface area contributed by atoms with Crippen molar-refractivity contribution in [3.05, 3.63) is 65.1 Å². The Hall–Kier alpha value is -2.60. The van der Waals surface area contributed by atoms with E-state index < -0.39 is 11.7 Å². The first-order chi connectivity index (χ1) is 12.0. The minimum Gasteiger partial charge on any atom is -0.307 e. The molecule has 1 fully saturated rings. The zero-order chi connectivity index (χ0) is 17.8. The number of rotatable bonds is 3. The highest BCUT2D eigenvalue weighted by Crippen LogP contribution is 2.27. The summed E-state index contributed by atoms with van der Waals surface area (Å²) >= 11 is 0. The van der Waals surface area contributed by atoms with Crippen LogP contribution in [0.1, 0.15) is 28.9 Å². The van der Waals surface area contributed by atoms with Gasteiger partial charge in [0.2, 0.25) is 0 Å². The minimum absolute atomic E-state index is 0.219. The van der Waals surface area contributed by atoms with E-state index in [0.29, 0.717) is 18.4 Å². The lowest BCUT2D eigenvalue weighted by molar-refractivity contribution is 0.102. The van der Waals surface area contributed by atoms with Gasteiger partial charge in [-0.1, -0.05) is 6.07 Å². The molecule has 0 radical (unpaired) electrons. The lowest BCUT2D eigenvalue weighted by Gasteiger charge is -2.24. The first-order valence-corrected chi connectivity index (χ1v) is 8.13. The minimum atomic E-state index is -0.419. The molecule has 4 nitrogen and oxygen atoms in total. The van der Waals surface area contributed by atoms with E-state index in [-0.39, 0.29) is 17.3 Å². The van der Waals surface area contributed by atoms with Crippen molar-refractivity contribution < 1.29 is 13.6 Å². The highest BCUT2D eigenvalue weighted by Gasteiger charge is 2.17. The number of nitrogens with one attached hydrogen (secondary N) is 1. The van der Waals surface area contributed by atoms with Crippen LogP contribution in [-0.2, 0) is 0 Å². The number of anilines is 1. The summed E-state index contributed by atoms with van der Waals surface area (Å²) in [5, 5.41) is 2.61. The Bertz CT molecular complexity index is 793. The largest absolute Gasteiger partial charge is 0.307 e. The third-order valence-corrected chi connectivity index (χ3v) is 4.22. The van der Waals surface area contributed by atoms with Crippen LogP contribution in [0.15, 0.2) is 48.0 Å². The van der Waals surface area contributed by atoms with Crippen LogP contribution in [0.25, 0.3) is 5.83 Å². The molecule has 1 aliphatic heterocycles. The van der Waals surface area contributed by atoms with E-state index >= 15 is 0 Å². The van der Waals surface area contributed by atoms with Gasteiger partial charge in [0, 0.05) is 18.7 Å². The molecule has 25 heavy (non-hydrogen) atoms. The van der Waals surface area contributed by atoms with E-state index in [1.54, 1.807) is 18.2 Å². The highest BCUT2D eigenvalue weighted by molar-refractivity contribution is 6.03. The van der Waals surface area contributed by atoms with Crippen molar-refractivity contribution >= 4 is 17.6 Å². The molecule has 0 saturated carbocycles. The third-order valence-electron chi connectivity index (χ3n) is 4.22. The van der Waals surface area contributed by atoms with Crippen LogP contribution in [0.2, 0.25) is 0 Å². The summed E-state index contributed by atoms with van der Waals surface area (Å²) in [6.07, 6.45) is 1.35. The van der Waals surface area contributed by atoms with Gasteiger partial charge in [0.1, 0.15) is 23.2 Å². The average Bonchev–Trinajstić information content (AvgIpc) is 2.62. The number of nitrogens with zero attached hydrogens (tertiary/aromatic N) is 2. The van der Waals surface area contributed by atoms with Gasteiger partial charge < -0.3 is 10.2 Å². The van der Waals surface area contributed by atoms with Crippen molar-refractivity contribution in [2.45, 2.75) is 12.8 Å². The fraction of sp³-hybridized carbons (Fsp3) is 0.263. The molecule has 2 heterocycles. The lowest BCUT2D eigenvalue weighted by atomic mass is 10.0. The summed E-state index contributed by atoms with van der Waals surface area (Å²) in [5.41, 5.74) is 1.28. The zero-order valence-electron chi connectivity index (χ0n) is 13.9. The quantitative estimate of drug-likeness (QED) is 0.920. The van der Waals surface area contributed by atoms with Crippen molar-refractivity contribution in [2.24, 2.45) is 0 Å². The third kappa shape index (κ3) is 4.28. The molecule has 0 bridgehead atoms. The molecule has 3 rings (SSSR count). The molecule has 1 aromatic heterocycles. The van der Waals surface area contributed by atoms with Crippen molar-refractivity contribution in [1.29, 1.82) is 0 Å². The number of piperidine rings is 1. The van der Waals surface area contributed by atoms with Gasteiger partial charge in [-0.25, -0.2) is 13.8 Å². The van der Waals surface area contributed by atoms with E-state index in [1.165, 1.54) is 24.3 Å². The summed E-state index contributed by atoms with van der Waals surface area (Å²) in [7, 11) is 2.01. The molecule has 2 aromatic rings. The molecule has 0 aliphatic carbocycles. The Morgan fingerprint density at radius 2 is 1.80 bits per heavy atom. The Morgan fingerprint density at radius 3 is 2.48 bits per heavy atom. The monoisotopic (exact) mass is 343 g/mol. The Labute approximate surface area is 145 Å². The maximum Gasteiger partial charge on any atom is 0.256 e. The standard InChI is InChI=1S/C19H19F2N3O/c1-24-11-9-13(10-12-24)18(21)16-3-2-4-17(22-16)23-19(25)14-5-7-15(20)8-6-14/h2-8H,9-12H2,1H3,(H,22,23,25). The SMILES string of the molecule is CN1CCC(=C(F)c2cccc(NC(=O)c3ccc(F)cc3)n2)CC1. The molecule has 0 atom stereocenters. The van der Waals surface area contributed by atoms with E-state index in [2.05, 4.69) is 15.2 Å². The number of aromatic nitrogens is 1.